The number of methoxy groups -OCH3 is 1. The highest BCUT2D eigenvalue weighted by atomic mass is 79.9. The monoisotopic (exact) mass is 464 g/mol. The van der Waals surface area contributed by atoms with E-state index < -0.39 is 5.60 Å². The van der Waals surface area contributed by atoms with Gasteiger partial charge in [0.05, 0.1) is 22.7 Å². The Labute approximate surface area is 182 Å². The first-order valence-corrected chi connectivity index (χ1v) is 11.4. The van der Waals surface area contributed by atoms with Crippen molar-refractivity contribution in [3.05, 3.63) is 27.9 Å². The van der Waals surface area contributed by atoms with Crippen molar-refractivity contribution in [2.45, 2.75) is 65.0 Å². The summed E-state index contributed by atoms with van der Waals surface area (Å²) in [4.78, 5) is 15.9. The molecular weight excluding hydrogens is 432 g/mol. The van der Waals surface area contributed by atoms with Crippen LogP contribution in [0.25, 0.3) is 10.9 Å². The van der Waals surface area contributed by atoms with Gasteiger partial charge in [-0.3, -0.25) is 4.90 Å². The van der Waals surface area contributed by atoms with Crippen molar-refractivity contribution >= 4 is 32.8 Å². The molecule has 2 heterocycles. The van der Waals surface area contributed by atoms with Gasteiger partial charge in [0, 0.05) is 24.7 Å². The van der Waals surface area contributed by atoms with Gasteiger partial charge in [-0.15, -0.1) is 0 Å². The van der Waals surface area contributed by atoms with E-state index in [4.69, 9.17) is 9.47 Å². The highest BCUT2D eigenvalue weighted by Crippen LogP contribution is 2.36. The summed E-state index contributed by atoms with van der Waals surface area (Å²) in [5.74, 6) is 0.480. The van der Waals surface area contributed by atoms with Crippen LogP contribution in [0.1, 0.15) is 68.9 Å². The van der Waals surface area contributed by atoms with E-state index in [-0.39, 0.29) is 5.97 Å². The molecule has 0 unspecified atom stereocenters. The number of carbonyl (C=O) groups excluding carboxylic acids is 1. The molecule has 29 heavy (non-hydrogen) atoms. The topological polar surface area (TPSA) is 43.7 Å². The molecule has 160 valence electrons. The molecule has 5 nitrogen and oxygen atoms in total. The molecule has 1 aromatic carbocycles. The van der Waals surface area contributed by atoms with Crippen LogP contribution in [0.4, 0.5) is 0 Å². The Morgan fingerprint density at radius 1 is 1.17 bits per heavy atom. The van der Waals surface area contributed by atoms with E-state index in [2.05, 4.69) is 39.2 Å². The van der Waals surface area contributed by atoms with Crippen molar-refractivity contribution in [3.8, 4) is 5.75 Å². The number of aromatic nitrogens is 1. The molecule has 1 fully saturated rings. The minimum atomic E-state index is -0.457. The summed E-state index contributed by atoms with van der Waals surface area (Å²) in [5, 5.41) is 0.888. The van der Waals surface area contributed by atoms with Crippen molar-refractivity contribution in [1.29, 1.82) is 0 Å². The Morgan fingerprint density at radius 2 is 1.83 bits per heavy atom. The molecule has 0 atom stereocenters. The van der Waals surface area contributed by atoms with Crippen LogP contribution in [0.5, 0.6) is 5.75 Å². The number of rotatable bonds is 7. The van der Waals surface area contributed by atoms with E-state index in [1.54, 1.807) is 7.11 Å². The molecule has 0 amide bonds. The number of piperidine rings is 1. The van der Waals surface area contributed by atoms with Gasteiger partial charge in [0.1, 0.15) is 11.4 Å². The van der Waals surface area contributed by atoms with Crippen LogP contribution in [-0.4, -0.2) is 41.2 Å². The zero-order valence-electron chi connectivity index (χ0n) is 18.3. The Bertz CT molecular complexity index is 880. The van der Waals surface area contributed by atoms with Crippen LogP contribution in [0.15, 0.2) is 16.6 Å². The molecule has 1 saturated heterocycles. The zero-order valence-corrected chi connectivity index (χ0v) is 19.9. The van der Waals surface area contributed by atoms with Crippen molar-refractivity contribution in [2.24, 2.45) is 7.05 Å². The molecule has 3 rings (SSSR count). The lowest BCUT2D eigenvalue weighted by atomic mass is 9.99. The second-order valence-corrected chi connectivity index (χ2v) is 9.12. The number of hydrogen-bond donors (Lipinski definition) is 0. The summed E-state index contributed by atoms with van der Waals surface area (Å²) in [6, 6.07) is 3.98. The molecule has 1 aromatic heterocycles. The minimum absolute atomic E-state index is 0.238. The molecule has 6 heteroatoms. The lowest BCUT2D eigenvalue weighted by molar-refractivity contribution is -0.0131. The Kier molecular flexibility index (Phi) is 6.94. The van der Waals surface area contributed by atoms with Crippen molar-refractivity contribution in [3.63, 3.8) is 0 Å². The fourth-order valence-corrected chi connectivity index (χ4v) is 4.55. The number of carbonyl (C=O) groups is 1. The van der Waals surface area contributed by atoms with Gasteiger partial charge in [0.15, 0.2) is 0 Å². The van der Waals surface area contributed by atoms with E-state index in [0.29, 0.717) is 5.56 Å². The van der Waals surface area contributed by atoms with E-state index >= 15 is 0 Å². The average molecular weight is 465 g/mol. The fourth-order valence-electron chi connectivity index (χ4n) is 4.06. The molecule has 0 radical (unpaired) electrons. The lowest BCUT2D eigenvalue weighted by Crippen LogP contribution is -2.32. The van der Waals surface area contributed by atoms with Crippen LogP contribution in [-0.2, 0) is 18.3 Å². The van der Waals surface area contributed by atoms with Crippen LogP contribution >= 0.6 is 15.9 Å². The number of fused-ring (bicyclic) bond motifs is 1. The molecule has 2 aromatic rings. The first kappa shape index (κ1) is 22.2. The highest BCUT2D eigenvalue weighted by Gasteiger charge is 2.31. The summed E-state index contributed by atoms with van der Waals surface area (Å²) in [7, 11) is 3.68. The third-order valence-corrected chi connectivity index (χ3v) is 7.08. The number of benzene rings is 1. The second kappa shape index (κ2) is 9.09. The Morgan fingerprint density at radius 3 is 2.41 bits per heavy atom. The number of esters is 1. The summed E-state index contributed by atoms with van der Waals surface area (Å²) in [6.07, 6.45) is 5.29. The van der Waals surface area contributed by atoms with Crippen LogP contribution in [0.2, 0.25) is 0 Å². The molecule has 0 spiro atoms. The second-order valence-electron chi connectivity index (χ2n) is 8.27. The Hall–Kier alpha value is -1.53. The van der Waals surface area contributed by atoms with E-state index in [1.165, 1.54) is 19.3 Å². The maximum absolute atomic E-state index is 13.4. The number of ether oxygens (including phenoxy) is 2. The molecule has 0 bridgehead atoms. The van der Waals surface area contributed by atoms with E-state index in [9.17, 15) is 4.79 Å². The van der Waals surface area contributed by atoms with Gasteiger partial charge >= 0.3 is 5.97 Å². The molecule has 0 N–H and O–H groups in total. The number of halogens is 1. The molecule has 0 saturated carbocycles. The summed E-state index contributed by atoms with van der Waals surface area (Å²) < 4.78 is 14.6. The predicted octanol–water partition coefficient (Wildman–Crippen LogP) is 5.67. The third-order valence-electron chi connectivity index (χ3n) is 6.46. The summed E-state index contributed by atoms with van der Waals surface area (Å²) in [5.41, 5.74) is 2.24. The van der Waals surface area contributed by atoms with Crippen molar-refractivity contribution in [1.82, 2.24) is 9.47 Å². The maximum atomic E-state index is 13.4. The van der Waals surface area contributed by atoms with Crippen LogP contribution in [0.3, 0.4) is 0 Å². The van der Waals surface area contributed by atoms with Gasteiger partial charge in [0.2, 0.25) is 0 Å². The summed E-state index contributed by atoms with van der Waals surface area (Å²) >= 11 is 3.59. The largest absolute Gasteiger partial charge is 0.496 e. The smallest absolute Gasteiger partial charge is 0.341 e. The normalized spacial score (nSPS) is 15.7. The first-order valence-electron chi connectivity index (χ1n) is 10.6. The average Bonchev–Trinajstić information content (AvgIpc) is 2.99. The van der Waals surface area contributed by atoms with E-state index in [0.717, 1.165) is 59.3 Å². The molecule has 1 aliphatic rings. The van der Waals surface area contributed by atoms with Crippen molar-refractivity contribution < 1.29 is 14.3 Å². The summed E-state index contributed by atoms with van der Waals surface area (Å²) in [6.45, 7) is 9.04. The SMILES string of the molecule is CCC(C)(CC)OC(=O)c1c(CN2CCCCC2)n(C)c2cc(Br)c(OC)cc12. The predicted molar refractivity (Wildman–Crippen MR) is 121 cm³/mol. The first-order chi connectivity index (χ1) is 13.8. The van der Waals surface area contributed by atoms with Gasteiger partial charge in [-0.05, 0) is 73.8 Å². The molecule has 0 aliphatic carbocycles. The van der Waals surface area contributed by atoms with E-state index in [1.807, 2.05) is 26.1 Å². The number of nitrogens with zero attached hydrogens (tertiary/aromatic N) is 2. The van der Waals surface area contributed by atoms with Gasteiger partial charge in [-0.2, -0.15) is 0 Å². The highest BCUT2D eigenvalue weighted by molar-refractivity contribution is 9.10. The van der Waals surface area contributed by atoms with Crippen molar-refractivity contribution in [2.75, 3.05) is 20.2 Å². The fraction of sp³-hybridized carbons (Fsp3) is 0.609. The van der Waals surface area contributed by atoms with Crippen LogP contribution < -0.4 is 4.74 Å². The molecule has 1 aliphatic heterocycles. The maximum Gasteiger partial charge on any atom is 0.341 e. The minimum Gasteiger partial charge on any atom is -0.496 e. The Balaban J connectivity index is 2.12. The number of likely N-dealkylation sites (tertiary alicyclic amines) is 1. The number of hydrogen-bond acceptors (Lipinski definition) is 4. The van der Waals surface area contributed by atoms with Gasteiger partial charge in [0.25, 0.3) is 0 Å². The van der Waals surface area contributed by atoms with Gasteiger partial charge in [-0.25, -0.2) is 4.79 Å². The van der Waals surface area contributed by atoms with Gasteiger partial charge in [-0.1, -0.05) is 20.3 Å². The quantitative estimate of drug-likeness (QED) is 0.494. The lowest BCUT2D eigenvalue weighted by Gasteiger charge is -2.29. The number of aryl methyl sites for hydroxylation is 1. The molecular formula is C23H33BrN2O3. The van der Waals surface area contributed by atoms with Gasteiger partial charge < -0.3 is 14.0 Å². The standard InChI is InChI=1S/C23H33BrN2O3/c1-6-23(3,7-2)29-22(27)21-16-13-20(28-5)17(24)14-18(16)25(4)19(21)15-26-11-9-8-10-12-26/h13-14H,6-12,15H2,1-5H3. The third kappa shape index (κ3) is 4.48. The zero-order chi connectivity index (χ0) is 21.2. The van der Waals surface area contributed by atoms with Crippen LogP contribution in [0, 0.1) is 0 Å².